The SMILES string of the molecule is CN1CCC[C@H]1COc1nc(N2CC3CCC(C2)N3C(=O)OC(C)(C)C)c2cc(C(=O)O)c(-c3cc(O[Si](C)(C)C(C)(C)C)cc4ccccc34)c(F)c2n1. The van der Waals surface area contributed by atoms with Crippen LogP contribution >= 0.6 is 0 Å². The van der Waals surface area contributed by atoms with Crippen LogP contribution in [-0.4, -0.2) is 102 Å². The standard InChI is InChI=1S/C42H54FN5O6Si/c1-41(2,3)53-40(51)48-26-16-17-27(48)23-47(22-26)37-33-21-32(38(49)50)34(35(43)36(33)44-39(45-37)52-24-28-14-12-18-46(28)7)31-20-29(54-55(8,9)42(4,5)6)19-25-13-10-11-15-30(25)31/h10-11,13,15,19-21,26-28H,12,14,16-18,22-24H2,1-9H3,(H,49,50)/t26?,27?,28-/m0/s1. The first-order valence-electron chi connectivity index (χ1n) is 19.4. The van der Waals surface area contributed by atoms with Crippen LogP contribution in [0.15, 0.2) is 42.5 Å². The molecule has 4 aromatic rings. The number of carboxylic acids is 1. The third kappa shape index (κ3) is 7.57. The summed E-state index contributed by atoms with van der Waals surface area (Å²) >= 11 is 0. The van der Waals surface area contributed by atoms with Crippen LogP contribution in [0.4, 0.5) is 15.0 Å². The number of likely N-dealkylation sites (tertiary alicyclic amines) is 1. The van der Waals surface area contributed by atoms with Crippen molar-refractivity contribution in [2.45, 2.75) is 109 Å². The smallest absolute Gasteiger partial charge is 0.410 e. The topological polar surface area (TPSA) is 118 Å². The molecule has 0 saturated carbocycles. The molecular formula is C42H54FN5O6Si. The van der Waals surface area contributed by atoms with E-state index in [0.29, 0.717) is 42.2 Å². The highest BCUT2D eigenvalue weighted by Crippen LogP contribution is 2.44. The fourth-order valence-corrected chi connectivity index (χ4v) is 8.99. The van der Waals surface area contributed by atoms with Gasteiger partial charge in [0.2, 0.25) is 8.32 Å². The first kappa shape index (κ1) is 38.8. The minimum atomic E-state index is -2.33. The molecule has 1 N–H and O–H groups in total. The lowest BCUT2D eigenvalue weighted by atomic mass is 9.92. The number of hydrogen-bond donors (Lipinski definition) is 1. The third-order valence-electron chi connectivity index (χ3n) is 11.9. The Morgan fingerprint density at radius 3 is 2.27 bits per heavy atom. The molecule has 13 heteroatoms. The Morgan fingerprint density at radius 2 is 1.65 bits per heavy atom. The number of halogens is 1. The van der Waals surface area contributed by atoms with Gasteiger partial charge in [0, 0.05) is 30.1 Å². The van der Waals surface area contributed by atoms with Gasteiger partial charge in [-0.15, -0.1) is 0 Å². The summed E-state index contributed by atoms with van der Waals surface area (Å²) in [7, 11) is -0.273. The summed E-state index contributed by atoms with van der Waals surface area (Å²) in [5.41, 5.74) is -0.538. The van der Waals surface area contributed by atoms with Crippen molar-refractivity contribution in [3.63, 3.8) is 0 Å². The molecule has 2 bridgehead atoms. The summed E-state index contributed by atoms with van der Waals surface area (Å²) in [5.74, 6) is -1.11. The number of anilines is 1. The molecule has 7 rings (SSSR count). The quantitative estimate of drug-likeness (QED) is 0.174. The predicted octanol–water partition coefficient (Wildman–Crippen LogP) is 8.73. The van der Waals surface area contributed by atoms with Gasteiger partial charge >= 0.3 is 18.1 Å². The van der Waals surface area contributed by atoms with E-state index in [9.17, 15) is 14.7 Å². The number of carboxylic acid groups (broad SMARTS) is 1. The molecule has 3 fully saturated rings. The Labute approximate surface area is 323 Å². The predicted molar refractivity (Wildman–Crippen MR) is 215 cm³/mol. The number of likely N-dealkylation sites (N-methyl/N-ethyl adjacent to an activating group) is 1. The molecule has 1 amide bonds. The average Bonchev–Trinajstić information content (AvgIpc) is 3.63. The maximum absolute atomic E-state index is 17.6. The molecule has 3 aliphatic rings. The lowest BCUT2D eigenvalue weighted by Gasteiger charge is -2.42. The molecule has 0 spiro atoms. The van der Waals surface area contributed by atoms with Crippen molar-refractivity contribution < 1.29 is 33.0 Å². The van der Waals surface area contributed by atoms with Crippen molar-refractivity contribution in [1.29, 1.82) is 0 Å². The Hall–Kier alpha value is -4.49. The van der Waals surface area contributed by atoms with Crippen molar-refractivity contribution >= 4 is 47.9 Å². The van der Waals surface area contributed by atoms with Gasteiger partial charge in [-0.2, -0.15) is 9.97 Å². The Morgan fingerprint density at radius 1 is 0.964 bits per heavy atom. The average molecular weight is 772 g/mol. The number of ether oxygens (including phenoxy) is 2. The van der Waals surface area contributed by atoms with Gasteiger partial charge in [0.25, 0.3) is 0 Å². The highest BCUT2D eigenvalue weighted by molar-refractivity contribution is 6.74. The van der Waals surface area contributed by atoms with E-state index < -0.39 is 25.7 Å². The molecule has 0 radical (unpaired) electrons. The Kier molecular flexibility index (Phi) is 10.0. The van der Waals surface area contributed by atoms with Crippen molar-refractivity contribution in [2.24, 2.45) is 0 Å². The maximum atomic E-state index is 17.6. The third-order valence-corrected chi connectivity index (χ3v) is 16.2. The number of rotatable bonds is 8. The van der Waals surface area contributed by atoms with E-state index in [1.807, 2.05) is 60.9 Å². The zero-order chi connectivity index (χ0) is 39.6. The van der Waals surface area contributed by atoms with Gasteiger partial charge in [-0.3, -0.25) is 4.90 Å². The molecule has 1 aromatic heterocycles. The molecule has 3 aliphatic heterocycles. The number of fused-ring (bicyclic) bond motifs is 4. The summed E-state index contributed by atoms with van der Waals surface area (Å²) < 4.78 is 36.4. The number of benzene rings is 3. The highest BCUT2D eigenvalue weighted by Gasteiger charge is 2.45. The minimum Gasteiger partial charge on any atom is -0.543 e. The van der Waals surface area contributed by atoms with E-state index in [2.05, 4.69) is 50.8 Å². The summed E-state index contributed by atoms with van der Waals surface area (Å²) in [5, 5.41) is 12.4. The second kappa shape index (κ2) is 14.2. The largest absolute Gasteiger partial charge is 0.543 e. The summed E-state index contributed by atoms with van der Waals surface area (Å²) in [6, 6.07) is 12.6. The molecule has 3 saturated heterocycles. The maximum Gasteiger partial charge on any atom is 0.410 e. The van der Waals surface area contributed by atoms with Crippen LogP contribution in [0.3, 0.4) is 0 Å². The Balaban J connectivity index is 1.38. The summed E-state index contributed by atoms with van der Waals surface area (Å²) in [6.07, 6.45) is 3.22. The monoisotopic (exact) mass is 771 g/mol. The van der Waals surface area contributed by atoms with Crippen LogP contribution in [0.1, 0.15) is 77.6 Å². The molecule has 3 atom stereocenters. The number of nitrogens with zero attached hydrogens (tertiary/aromatic N) is 5. The van der Waals surface area contributed by atoms with Crippen molar-refractivity contribution in [3.05, 3.63) is 53.8 Å². The molecule has 4 heterocycles. The van der Waals surface area contributed by atoms with Gasteiger partial charge in [0.15, 0.2) is 5.82 Å². The van der Waals surface area contributed by atoms with Gasteiger partial charge in [-0.05, 0) is 113 Å². The van der Waals surface area contributed by atoms with Gasteiger partial charge in [-0.25, -0.2) is 14.0 Å². The number of carbonyl (C=O) groups is 2. The van der Waals surface area contributed by atoms with Crippen molar-refractivity contribution in [1.82, 2.24) is 19.8 Å². The van der Waals surface area contributed by atoms with Crippen LogP contribution in [0.25, 0.3) is 32.8 Å². The Bertz CT molecular complexity index is 2140. The van der Waals surface area contributed by atoms with Gasteiger partial charge in [-0.1, -0.05) is 45.0 Å². The molecule has 294 valence electrons. The minimum absolute atomic E-state index is 0.0255. The molecule has 2 unspecified atom stereocenters. The first-order chi connectivity index (χ1) is 25.8. The van der Waals surface area contributed by atoms with Crippen molar-refractivity contribution in [2.75, 3.05) is 38.2 Å². The number of amides is 1. The van der Waals surface area contributed by atoms with E-state index in [1.54, 1.807) is 6.07 Å². The molecular weight excluding hydrogens is 718 g/mol. The highest BCUT2D eigenvalue weighted by atomic mass is 28.4. The van der Waals surface area contributed by atoms with Crippen LogP contribution in [0, 0.1) is 5.82 Å². The molecule has 55 heavy (non-hydrogen) atoms. The second-order valence-corrected chi connectivity index (χ2v) is 22.7. The van der Waals surface area contributed by atoms with Crippen LogP contribution in [0.5, 0.6) is 11.8 Å². The van der Waals surface area contributed by atoms with E-state index in [4.69, 9.17) is 18.9 Å². The normalized spacial score (nSPS) is 20.7. The fourth-order valence-electron chi connectivity index (χ4n) is 7.97. The van der Waals surface area contributed by atoms with E-state index in [-0.39, 0.29) is 57.3 Å². The number of hydrogen-bond acceptors (Lipinski definition) is 9. The first-order valence-corrected chi connectivity index (χ1v) is 22.3. The zero-order valence-corrected chi connectivity index (χ0v) is 34.5. The zero-order valence-electron chi connectivity index (χ0n) is 33.5. The van der Waals surface area contributed by atoms with Crippen LogP contribution in [-0.2, 0) is 4.74 Å². The van der Waals surface area contributed by atoms with E-state index >= 15 is 4.39 Å². The summed E-state index contributed by atoms with van der Waals surface area (Å²) in [4.78, 5) is 42.2. The van der Waals surface area contributed by atoms with Gasteiger partial charge in [0.1, 0.15) is 29.3 Å². The van der Waals surface area contributed by atoms with Gasteiger partial charge in [0.05, 0.1) is 17.6 Å². The van der Waals surface area contributed by atoms with E-state index in [0.717, 1.165) is 37.6 Å². The summed E-state index contributed by atoms with van der Waals surface area (Å²) in [6.45, 7) is 18.4. The van der Waals surface area contributed by atoms with Crippen LogP contribution < -0.4 is 14.1 Å². The van der Waals surface area contributed by atoms with Crippen molar-refractivity contribution in [3.8, 4) is 22.9 Å². The van der Waals surface area contributed by atoms with Crippen LogP contribution in [0.2, 0.25) is 18.1 Å². The number of carbonyl (C=O) groups excluding carboxylic acids is 1. The fraction of sp³-hybridized carbons (Fsp3) is 0.524. The second-order valence-electron chi connectivity index (χ2n) is 18.0. The lowest BCUT2D eigenvalue weighted by molar-refractivity contribution is 0.0122. The van der Waals surface area contributed by atoms with Gasteiger partial charge < -0.3 is 28.8 Å². The molecule has 3 aromatic carbocycles. The molecule has 0 aliphatic carbocycles. The van der Waals surface area contributed by atoms with E-state index in [1.165, 1.54) is 6.07 Å². The molecule has 11 nitrogen and oxygen atoms in total. The number of piperazine rings is 1. The number of aromatic nitrogens is 2. The number of aromatic carboxylic acids is 1. The lowest BCUT2D eigenvalue weighted by Crippen LogP contribution is -2.57.